The van der Waals surface area contributed by atoms with Crippen molar-refractivity contribution < 1.29 is 14.1 Å². The molecule has 0 atom stereocenters. The number of ether oxygens (including phenoxy) is 1. The molecule has 0 aromatic rings. The lowest BCUT2D eigenvalue weighted by atomic mass is 10.2. The van der Waals surface area contributed by atoms with E-state index in [9.17, 15) is 4.79 Å². The van der Waals surface area contributed by atoms with Gasteiger partial charge in [0.05, 0.1) is 6.54 Å². The fourth-order valence-corrected chi connectivity index (χ4v) is 4.39. The molecular weight excluding hydrogens is 258 g/mol. The average Bonchev–Trinajstić information content (AvgIpc) is 2.33. The van der Waals surface area contributed by atoms with Gasteiger partial charge in [-0.15, -0.1) is 0 Å². The third-order valence-electron chi connectivity index (χ3n) is 3.26. The zero-order chi connectivity index (χ0) is 15.1. The fourth-order valence-electron chi connectivity index (χ4n) is 1.87. The number of hydroxylamine groups is 2. The summed E-state index contributed by atoms with van der Waals surface area (Å²) < 4.78 is 11.5. The minimum Gasteiger partial charge on any atom is -0.442 e. The summed E-state index contributed by atoms with van der Waals surface area (Å²) in [4.78, 5) is 12.2. The van der Waals surface area contributed by atoms with Gasteiger partial charge >= 0.3 is 6.09 Å². The molecule has 0 bridgehead atoms. The van der Waals surface area contributed by atoms with E-state index in [-0.39, 0.29) is 6.09 Å². The molecule has 0 spiro atoms. The molecule has 114 valence electrons. The van der Waals surface area contributed by atoms with E-state index >= 15 is 0 Å². The van der Waals surface area contributed by atoms with Gasteiger partial charge in [-0.05, 0) is 45.3 Å². The standard InChI is InChI=1S/C14H31NO3Si/c1-8-12-15(13(16)17-14(5,6)7)18-19(9-2,10-3)11-4/h8-12H2,1-7H3. The molecule has 5 heteroatoms. The van der Waals surface area contributed by atoms with Crippen molar-refractivity contribution in [2.24, 2.45) is 0 Å². The molecule has 0 aromatic heterocycles. The minimum absolute atomic E-state index is 0.360. The summed E-state index contributed by atoms with van der Waals surface area (Å²) in [6.07, 6.45) is 0.502. The van der Waals surface area contributed by atoms with Crippen LogP contribution in [0.4, 0.5) is 4.79 Å². The maximum Gasteiger partial charge on any atom is 0.433 e. The molecule has 0 fully saturated rings. The molecule has 0 heterocycles. The van der Waals surface area contributed by atoms with Crippen LogP contribution in [0.15, 0.2) is 0 Å². The Kier molecular flexibility index (Phi) is 7.67. The second kappa shape index (κ2) is 7.90. The van der Waals surface area contributed by atoms with Gasteiger partial charge < -0.3 is 9.26 Å². The molecule has 0 rings (SSSR count). The summed E-state index contributed by atoms with van der Waals surface area (Å²) in [5, 5.41) is 1.45. The number of hydrogen-bond donors (Lipinski definition) is 0. The fraction of sp³-hybridized carbons (Fsp3) is 0.929. The van der Waals surface area contributed by atoms with Gasteiger partial charge in [-0.3, -0.25) is 0 Å². The molecular formula is C14H31NO3Si. The van der Waals surface area contributed by atoms with E-state index in [1.165, 1.54) is 5.06 Å². The van der Waals surface area contributed by atoms with Gasteiger partial charge in [-0.1, -0.05) is 27.7 Å². The van der Waals surface area contributed by atoms with Gasteiger partial charge in [0.15, 0.2) is 0 Å². The summed E-state index contributed by atoms with van der Waals surface area (Å²) in [5.41, 5.74) is -0.485. The zero-order valence-corrected chi connectivity index (χ0v) is 14.7. The van der Waals surface area contributed by atoms with Crippen molar-refractivity contribution in [3.8, 4) is 0 Å². The molecule has 19 heavy (non-hydrogen) atoms. The molecule has 1 amide bonds. The molecule has 0 aliphatic heterocycles. The number of carbonyl (C=O) groups excluding carboxylic acids is 1. The SMILES string of the molecule is CCCN(O[Si](CC)(CC)CC)C(=O)OC(C)(C)C. The molecule has 0 aliphatic carbocycles. The minimum atomic E-state index is -1.83. The lowest BCUT2D eigenvalue weighted by Crippen LogP contribution is -2.47. The zero-order valence-electron chi connectivity index (χ0n) is 13.7. The van der Waals surface area contributed by atoms with Crippen molar-refractivity contribution in [1.29, 1.82) is 0 Å². The predicted molar refractivity (Wildman–Crippen MR) is 81.5 cm³/mol. The summed E-state index contributed by atoms with van der Waals surface area (Å²) in [6, 6.07) is 3.05. The Morgan fingerprint density at radius 1 is 1.05 bits per heavy atom. The second-order valence-electron chi connectivity index (χ2n) is 5.92. The van der Waals surface area contributed by atoms with Crippen LogP contribution >= 0.6 is 0 Å². The predicted octanol–water partition coefficient (Wildman–Crippen LogP) is 4.57. The Morgan fingerprint density at radius 2 is 1.53 bits per heavy atom. The molecule has 0 N–H and O–H groups in total. The van der Waals surface area contributed by atoms with Gasteiger partial charge in [0.2, 0.25) is 8.32 Å². The largest absolute Gasteiger partial charge is 0.442 e. The molecule has 0 aromatic carbocycles. The average molecular weight is 289 g/mol. The third kappa shape index (κ3) is 6.43. The van der Waals surface area contributed by atoms with Crippen LogP contribution < -0.4 is 0 Å². The van der Waals surface area contributed by atoms with E-state index in [0.717, 1.165) is 24.6 Å². The summed E-state index contributed by atoms with van der Waals surface area (Å²) in [6.45, 7) is 14.7. The van der Waals surface area contributed by atoms with Crippen LogP contribution in [0.25, 0.3) is 0 Å². The van der Waals surface area contributed by atoms with Crippen molar-refractivity contribution in [3.05, 3.63) is 0 Å². The first kappa shape index (κ1) is 18.4. The second-order valence-corrected chi connectivity index (χ2v) is 10.6. The summed E-state index contributed by atoms with van der Waals surface area (Å²) >= 11 is 0. The highest BCUT2D eigenvalue weighted by atomic mass is 28.4. The van der Waals surface area contributed by atoms with E-state index in [1.807, 2.05) is 27.7 Å². The van der Waals surface area contributed by atoms with Gasteiger partial charge in [0.1, 0.15) is 5.60 Å². The van der Waals surface area contributed by atoms with E-state index in [1.54, 1.807) is 0 Å². The van der Waals surface area contributed by atoms with Crippen molar-refractivity contribution in [2.75, 3.05) is 6.54 Å². The molecule has 0 saturated carbocycles. The van der Waals surface area contributed by atoms with Crippen molar-refractivity contribution >= 4 is 14.4 Å². The highest BCUT2D eigenvalue weighted by Crippen LogP contribution is 2.24. The van der Waals surface area contributed by atoms with E-state index < -0.39 is 13.9 Å². The lowest BCUT2D eigenvalue weighted by molar-refractivity contribution is -0.0806. The van der Waals surface area contributed by atoms with Crippen LogP contribution in [0.1, 0.15) is 54.9 Å². The van der Waals surface area contributed by atoms with Crippen molar-refractivity contribution in [3.63, 3.8) is 0 Å². The maximum atomic E-state index is 12.2. The van der Waals surface area contributed by atoms with Crippen molar-refractivity contribution in [1.82, 2.24) is 5.06 Å². The van der Waals surface area contributed by atoms with Crippen LogP contribution in [-0.4, -0.2) is 31.6 Å². The van der Waals surface area contributed by atoms with Gasteiger partial charge in [0, 0.05) is 0 Å². The highest BCUT2D eigenvalue weighted by molar-refractivity contribution is 6.73. The first-order chi connectivity index (χ1) is 8.73. The Hall–Kier alpha value is -0.553. The van der Waals surface area contributed by atoms with Crippen molar-refractivity contribution in [2.45, 2.75) is 78.6 Å². The number of nitrogens with zero attached hydrogens (tertiary/aromatic N) is 1. The quantitative estimate of drug-likeness (QED) is 0.509. The third-order valence-corrected chi connectivity index (χ3v) is 7.73. The number of hydrogen-bond acceptors (Lipinski definition) is 3. The lowest BCUT2D eigenvalue weighted by Gasteiger charge is -2.35. The van der Waals surface area contributed by atoms with Crippen LogP contribution in [0.3, 0.4) is 0 Å². The topological polar surface area (TPSA) is 38.8 Å². The van der Waals surface area contributed by atoms with E-state index in [0.29, 0.717) is 6.54 Å². The molecule has 0 unspecified atom stereocenters. The Balaban J connectivity index is 4.86. The van der Waals surface area contributed by atoms with Gasteiger partial charge in [-0.25, -0.2) is 4.79 Å². The first-order valence-electron chi connectivity index (χ1n) is 7.43. The number of amides is 1. The number of rotatable bonds is 7. The maximum absolute atomic E-state index is 12.2. The Morgan fingerprint density at radius 3 is 1.84 bits per heavy atom. The van der Waals surface area contributed by atoms with E-state index in [2.05, 4.69) is 20.8 Å². The van der Waals surface area contributed by atoms with Crippen LogP contribution in [0.5, 0.6) is 0 Å². The Labute approximate surface area is 119 Å². The summed E-state index contributed by atoms with van der Waals surface area (Å²) in [7, 11) is -1.83. The first-order valence-corrected chi connectivity index (χ1v) is 9.96. The van der Waals surface area contributed by atoms with Crippen LogP contribution in [-0.2, 0) is 9.26 Å². The normalized spacial score (nSPS) is 12.4. The Bertz CT molecular complexity index is 264. The summed E-state index contributed by atoms with van der Waals surface area (Å²) in [5.74, 6) is 0. The molecule has 0 aliphatic rings. The highest BCUT2D eigenvalue weighted by Gasteiger charge is 2.35. The van der Waals surface area contributed by atoms with E-state index in [4.69, 9.17) is 9.26 Å². The monoisotopic (exact) mass is 289 g/mol. The smallest absolute Gasteiger partial charge is 0.433 e. The molecule has 0 saturated heterocycles. The van der Waals surface area contributed by atoms with Gasteiger partial charge in [-0.2, -0.15) is 5.06 Å². The molecule has 4 nitrogen and oxygen atoms in total. The van der Waals surface area contributed by atoms with Crippen LogP contribution in [0.2, 0.25) is 18.1 Å². The molecule has 0 radical (unpaired) electrons. The number of carbonyl (C=O) groups is 1. The van der Waals surface area contributed by atoms with Gasteiger partial charge in [0.25, 0.3) is 0 Å². The van der Waals surface area contributed by atoms with Crippen LogP contribution in [0, 0.1) is 0 Å².